The van der Waals surface area contributed by atoms with E-state index < -0.39 is 11.7 Å². The number of nitrogens with zero attached hydrogens (tertiary/aromatic N) is 3. The molecular weight excluding hydrogens is 281 g/mol. The number of nitrogens with one attached hydrogen (secondary N) is 1. The zero-order chi connectivity index (χ0) is 15.5. The Morgan fingerprint density at radius 3 is 2.57 bits per heavy atom. The van der Waals surface area contributed by atoms with Gasteiger partial charge in [-0.05, 0) is 19.4 Å². The number of aromatic nitrogens is 3. The highest BCUT2D eigenvalue weighted by molar-refractivity contribution is 5.70. The second-order valence-electron chi connectivity index (χ2n) is 4.35. The Morgan fingerprint density at radius 1 is 1.19 bits per heavy atom. The zero-order valence-electron chi connectivity index (χ0n) is 11.7. The molecule has 2 aromatic rings. The molecule has 1 N–H and O–H groups in total. The molecule has 2 heterocycles. The lowest BCUT2D eigenvalue weighted by Gasteiger charge is -2.16. The van der Waals surface area contributed by atoms with E-state index in [4.69, 9.17) is 0 Å². The highest BCUT2D eigenvalue weighted by Gasteiger charge is 2.34. The van der Waals surface area contributed by atoms with Crippen molar-refractivity contribution in [1.29, 1.82) is 0 Å². The normalized spacial score (nSPS) is 11.5. The van der Waals surface area contributed by atoms with E-state index in [2.05, 4.69) is 20.3 Å². The van der Waals surface area contributed by atoms with E-state index in [0.717, 1.165) is 12.3 Å². The van der Waals surface area contributed by atoms with Crippen molar-refractivity contribution < 1.29 is 13.2 Å². The van der Waals surface area contributed by atoms with Crippen LogP contribution in [0.2, 0.25) is 0 Å². The van der Waals surface area contributed by atoms with Crippen molar-refractivity contribution in [3.63, 3.8) is 0 Å². The van der Waals surface area contributed by atoms with Gasteiger partial charge in [-0.25, -0.2) is 9.97 Å². The van der Waals surface area contributed by atoms with Crippen molar-refractivity contribution in [1.82, 2.24) is 15.0 Å². The van der Waals surface area contributed by atoms with Crippen molar-refractivity contribution in [3.05, 3.63) is 35.9 Å². The van der Waals surface area contributed by atoms with Crippen molar-refractivity contribution in [2.45, 2.75) is 26.4 Å². The molecule has 2 rings (SSSR count). The zero-order valence-corrected chi connectivity index (χ0v) is 11.7. The van der Waals surface area contributed by atoms with Crippen LogP contribution in [0.1, 0.15) is 25.0 Å². The Morgan fingerprint density at radius 2 is 1.95 bits per heavy atom. The molecule has 0 bridgehead atoms. The van der Waals surface area contributed by atoms with Gasteiger partial charge in [0.25, 0.3) is 0 Å². The molecule has 2 aromatic heterocycles. The van der Waals surface area contributed by atoms with Crippen LogP contribution in [0.25, 0.3) is 11.3 Å². The predicted octanol–water partition coefficient (Wildman–Crippen LogP) is 3.55. The number of hydrogen-bond donors (Lipinski definition) is 1. The average Bonchev–Trinajstić information content (AvgIpc) is 2.46. The number of rotatable bonds is 4. The van der Waals surface area contributed by atoms with Gasteiger partial charge in [0.05, 0.1) is 11.3 Å². The number of pyridine rings is 1. The summed E-state index contributed by atoms with van der Waals surface area (Å²) in [5, 5.41) is 3.04. The standard InChI is InChI=1S/C14H15F3N4/c1-3-9-12(20-8-21-13(9)19-4-2)10-7-18-6-5-11(10)14(15,16)17/h5-8H,3-4H2,1-2H3,(H,19,20,21). The molecule has 0 saturated carbocycles. The van der Waals surface area contributed by atoms with E-state index in [1.807, 2.05) is 13.8 Å². The van der Waals surface area contributed by atoms with Crippen LogP contribution in [0.5, 0.6) is 0 Å². The van der Waals surface area contributed by atoms with Crippen LogP contribution < -0.4 is 5.32 Å². The minimum absolute atomic E-state index is 0.0246. The molecule has 0 fully saturated rings. The van der Waals surface area contributed by atoms with Gasteiger partial charge in [-0.1, -0.05) is 6.92 Å². The smallest absolute Gasteiger partial charge is 0.370 e. The summed E-state index contributed by atoms with van der Waals surface area (Å²) < 4.78 is 39.4. The first kappa shape index (κ1) is 15.2. The van der Waals surface area contributed by atoms with E-state index in [1.165, 1.54) is 12.5 Å². The summed E-state index contributed by atoms with van der Waals surface area (Å²) in [6, 6.07) is 0.962. The van der Waals surface area contributed by atoms with Crippen molar-refractivity contribution in [2.75, 3.05) is 11.9 Å². The van der Waals surface area contributed by atoms with Gasteiger partial charge < -0.3 is 5.32 Å². The average molecular weight is 296 g/mol. The lowest BCUT2D eigenvalue weighted by molar-refractivity contribution is -0.137. The van der Waals surface area contributed by atoms with Crippen LogP contribution in [0.3, 0.4) is 0 Å². The molecule has 0 aliphatic carbocycles. The summed E-state index contributed by atoms with van der Waals surface area (Å²) in [6.45, 7) is 4.38. The minimum atomic E-state index is -4.45. The summed E-state index contributed by atoms with van der Waals surface area (Å²) in [6.07, 6.45) is -0.346. The fourth-order valence-electron chi connectivity index (χ4n) is 2.13. The van der Waals surface area contributed by atoms with Gasteiger partial charge in [-0.3, -0.25) is 4.98 Å². The van der Waals surface area contributed by atoms with Gasteiger partial charge >= 0.3 is 6.18 Å². The number of alkyl halides is 3. The molecule has 0 aliphatic heterocycles. The molecular formula is C14H15F3N4. The second kappa shape index (κ2) is 6.07. The third-order valence-electron chi connectivity index (χ3n) is 3.02. The minimum Gasteiger partial charge on any atom is -0.370 e. The molecule has 0 aromatic carbocycles. The molecule has 4 nitrogen and oxygen atoms in total. The molecule has 0 amide bonds. The number of anilines is 1. The van der Waals surface area contributed by atoms with Gasteiger partial charge in [0, 0.05) is 30.1 Å². The molecule has 7 heteroatoms. The highest BCUT2D eigenvalue weighted by atomic mass is 19.4. The van der Waals surface area contributed by atoms with Crippen molar-refractivity contribution >= 4 is 5.82 Å². The SMILES string of the molecule is CCNc1ncnc(-c2cnccc2C(F)(F)F)c1CC. The van der Waals surface area contributed by atoms with Gasteiger partial charge in [0.15, 0.2) is 0 Å². The molecule has 0 saturated heterocycles. The molecule has 0 radical (unpaired) electrons. The molecule has 0 unspecified atom stereocenters. The summed E-state index contributed by atoms with van der Waals surface area (Å²) in [5.74, 6) is 0.557. The van der Waals surface area contributed by atoms with Gasteiger partial charge in [-0.15, -0.1) is 0 Å². The Balaban J connectivity index is 2.65. The summed E-state index contributed by atoms with van der Waals surface area (Å²) >= 11 is 0. The van der Waals surface area contributed by atoms with Gasteiger partial charge in [0.2, 0.25) is 0 Å². The Labute approximate surface area is 120 Å². The van der Waals surface area contributed by atoms with Crippen molar-refractivity contribution in [3.8, 4) is 11.3 Å². The van der Waals surface area contributed by atoms with Crippen molar-refractivity contribution in [2.24, 2.45) is 0 Å². The van der Waals surface area contributed by atoms with Crippen LogP contribution in [-0.2, 0) is 12.6 Å². The number of halogens is 3. The Bertz CT molecular complexity index is 626. The maximum atomic E-state index is 13.1. The van der Waals surface area contributed by atoms with E-state index in [9.17, 15) is 13.2 Å². The molecule has 0 aliphatic rings. The quantitative estimate of drug-likeness (QED) is 0.937. The van der Waals surface area contributed by atoms with E-state index in [-0.39, 0.29) is 11.3 Å². The first-order valence-electron chi connectivity index (χ1n) is 6.58. The maximum Gasteiger partial charge on any atom is 0.417 e. The van der Waals surface area contributed by atoms with Gasteiger partial charge in [0.1, 0.15) is 12.1 Å². The van der Waals surface area contributed by atoms with Crippen LogP contribution in [0, 0.1) is 0 Å². The summed E-state index contributed by atoms with van der Waals surface area (Å²) in [4.78, 5) is 11.9. The van der Waals surface area contributed by atoms with E-state index in [0.29, 0.717) is 24.3 Å². The maximum absolute atomic E-state index is 13.1. The first-order chi connectivity index (χ1) is 9.99. The lowest BCUT2D eigenvalue weighted by Crippen LogP contribution is -2.10. The monoisotopic (exact) mass is 296 g/mol. The Kier molecular flexibility index (Phi) is 4.40. The molecule has 112 valence electrons. The first-order valence-corrected chi connectivity index (χ1v) is 6.58. The van der Waals surface area contributed by atoms with Crippen LogP contribution in [0.4, 0.5) is 19.0 Å². The molecule has 0 spiro atoms. The second-order valence-corrected chi connectivity index (χ2v) is 4.35. The highest BCUT2D eigenvalue weighted by Crippen LogP contribution is 2.37. The fraction of sp³-hybridized carbons (Fsp3) is 0.357. The van der Waals surface area contributed by atoms with Crippen LogP contribution in [-0.4, -0.2) is 21.5 Å². The Hall–Kier alpha value is -2.18. The molecule has 0 atom stereocenters. The summed E-state index contributed by atoms with van der Waals surface area (Å²) in [7, 11) is 0. The van der Waals surface area contributed by atoms with Gasteiger partial charge in [-0.2, -0.15) is 13.2 Å². The number of hydrogen-bond acceptors (Lipinski definition) is 4. The topological polar surface area (TPSA) is 50.7 Å². The van der Waals surface area contributed by atoms with E-state index >= 15 is 0 Å². The summed E-state index contributed by atoms with van der Waals surface area (Å²) in [5.41, 5.74) is 0.151. The third-order valence-corrected chi connectivity index (χ3v) is 3.02. The van der Waals surface area contributed by atoms with Crippen LogP contribution >= 0.6 is 0 Å². The third kappa shape index (κ3) is 3.12. The van der Waals surface area contributed by atoms with E-state index in [1.54, 1.807) is 0 Å². The van der Waals surface area contributed by atoms with Crippen LogP contribution in [0.15, 0.2) is 24.8 Å². The predicted molar refractivity (Wildman–Crippen MR) is 73.8 cm³/mol. The lowest BCUT2D eigenvalue weighted by atomic mass is 10.0. The fourth-order valence-corrected chi connectivity index (χ4v) is 2.13. The largest absolute Gasteiger partial charge is 0.417 e. The molecule has 21 heavy (non-hydrogen) atoms.